The molecule has 0 spiro atoms. The van der Waals surface area contributed by atoms with Crippen molar-refractivity contribution < 1.29 is 27.9 Å². The molecule has 1 unspecified atom stereocenters. The van der Waals surface area contributed by atoms with Crippen molar-refractivity contribution in [2.45, 2.75) is 62.2 Å². The van der Waals surface area contributed by atoms with Crippen LogP contribution in [0.2, 0.25) is 0 Å². The zero-order valence-electron chi connectivity index (χ0n) is 12.9. The van der Waals surface area contributed by atoms with Gasteiger partial charge >= 0.3 is 5.97 Å². The molecule has 1 N–H and O–H groups in total. The zero-order chi connectivity index (χ0) is 16.5. The second-order valence-corrected chi connectivity index (χ2v) is 8.99. The van der Waals surface area contributed by atoms with E-state index in [4.69, 9.17) is 9.84 Å². The number of carboxylic acids is 1. The molecule has 0 bridgehead atoms. The van der Waals surface area contributed by atoms with Gasteiger partial charge in [-0.3, -0.25) is 9.59 Å². The first-order valence-corrected chi connectivity index (χ1v) is 9.15. The van der Waals surface area contributed by atoms with E-state index in [9.17, 15) is 18.0 Å². The summed E-state index contributed by atoms with van der Waals surface area (Å²) in [6.07, 6.45) is 0.803. The number of nitrogens with zero attached hydrogens (tertiary/aromatic N) is 1. The summed E-state index contributed by atoms with van der Waals surface area (Å²) >= 11 is 0. The Morgan fingerprint density at radius 1 is 1.41 bits per heavy atom. The predicted molar refractivity (Wildman–Crippen MR) is 79.0 cm³/mol. The molecule has 1 aliphatic carbocycles. The third kappa shape index (κ3) is 2.74. The Bertz CT molecular complexity index is 550. The Morgan fingerprint density at radius 2 is 2.00 bits per heavy atom. The summed E-state index contributed by atoms with van der Waals surface area (Å²) in [6.45, 7) is 3.60. The number of aliphatic carboxylic acids is 1. The van der Waals surface area contributed by atoms with Crippen LogP contribution in [0.15, 0.2) is 0 Å². The van der Waals surface area contributed by atoms with Crippen LogP contribution in [-0.2, 0) is 24.2 Å². The van der Waals surface area contributed by atoms with Gasteiger partial charge in [0.25, 0.3) is 5.91 Å². The molecule has 1 atom stereocenters. The monoisotopic (exact) mass is 333 g/mol. The fourth-order valence-electron chi connectivity index (χ4n) is 3.43. The molecule has 2 fully saturated rings. The minimum atomic E-state index is -3.52. The predicted octanol–water partition coefficient (Wildman–Crippen LogP) is 0.782. The van der Waals surface area contributed by atoms with Crippen LogP contribution in [0.1, 0.15) is 46.0 Å². The number of hydrogen-bond donors (Lipinski definition) is 1. The molecule has 1 aliphatic heterocycles. The van der Waals surface area contributed by atoms with Crippen molar-refractivity contribution in [3.8, 4) is 0 Å². The van der Waals surface area contributed by atoms with Gasteiger partial charge in [-0.15, -0.1) is 0 Å². The van der Waals surface area contributed by atoms with E-state index in [1.807, 2.05) is 0 Å². The number of amides is 1. The average molecular weight is 333 g/mol. The Labute approximate surface area is 130 Å². The third-order valence-electron chi connectivity index (χ3n) is 4.56. The van der Waals surface area contributed by atoms with E-state index in [1.54, 1.807) is 13.8 Å². The maximum Gasteiger partial charge on any atom is 0.306 e. The molecule has 1 heterocycles. The SMILES string of the molecule is CC(C)S(=O)(=O)C1(N2CCOC(CC(=O)O)C2=O)CCCC1. The number of carbonyl (C=O) groups excluding carboxylic acids is 1. The van der Waals surface area contributed by atoms with Gasteiger partial charge in [0.2, 0.25) is 0 Å². The number of rotatable bonds is 5. The minimum Gasteiger partial charge on any atom is -0.481 e. The first kappa shape index (κ1) is 17.2. The number of hydrogen-bond acceptors (Lipinski definition) is 5. The zero-order valence-corrected chi connectivity index (χ0v) is 13.8. The maximum atomic E-state index is 12.9. The Hall–Kier alpha value is -1.15. The minimum absolute atomic E-state index is 0.166. The highest BCUT2D eigenvalue weighted by Gasteiger charge is 2.55. The van der Waals surface area contributed by atoms with Crippen LogP contribution >= 0.6 is 0 Å². The Kier molecular flexibility index (Phi) is 4.81. The van der Waals surface area contributed by atoms with Crippen molar-refractivity contribution >= 4 is 21.7 Å². The molecule has 0 aromatic rings. The third-order valence-corrected chi connectivity index (χ3v) is 7.49. The standard InChI is InChI=1S/C14H23NO6S/c1-10(2)22(19,20)14(5-3-4-6-14)15-7-8-21-11(13(15)18)9-12(16)17/h10-11H,3-9H2,1-2H3,(H,16,17). The van der Waals surface area contributed by atoms with Gasteiger partial charge in [0.05, 0.1) is 18.3 Å². The first-order valence-electron chi connectivity index (χ1n) is 7.61. The number of carbonyl (C=O) groups is 2. The summed E-state index contributed by atoms with van der Waals surface area (Å²) in [7, 11) is -3.52. The molecular formula is C14H23NO6S. The number of morpholine rings is 1. The van der Waals surface area contributed by atoms with Gasteiger partial charge in [-0.1, -0.05) is 0 Å². The molecule has 0 aromatic heterocycles. The lowest BCUT2D eigenvalue weighted by molar-refractivity contribution is -0.163. The number of sulfone groups is 1. The quantitative estimate of drug-likeness (QED) is 0.798. The van der Waals surface area contributed by atoms with Crippen LogP contribution < -0.4 is 0 Å². The second kappa shape index (κ2) is 6.16. The Balaban J connectivity index is 2.37. The molecule has 2 aliphatic rings. The molecule has 1 saturated carbocycles. The average Bonchev–Trinajstić information content (AvgIpc) is 2.91. The summed E-state index contributed by atoms with van der Waals surface area (Å²) in [4.78, 5) is 23.6. The van der Waals surface area contributed by atoms with Gasteiger partial charge in [0.1, 0.15) is 11.0 Å². The first-order chi connectivity index (χ1) is 10.2. The molecule has 126 valence electrons. The van der Waals surface area contributed by atoms with Crippen molar-refractivity contribution in [1.82, 2.24) is 4.90 Å². The van der Waals surface area contributed by atoms with Gasteiger partial charge < -0.3 is 14.7 Å². The van der Waals surface area contributed by atoms with Gasteiger partial charge in [0, 0.05) is 6.54 Å². The smallest absolute Gasteiger partial charge is 0.306 e. The van der Waals surface area contributed by atoms with Gasteiger partial charge in [-0.25, -0.2) is 8.42 Å². The summed E-state index contributed by atoms with van der Waals surface area (Å²) in [5.41, 5.74) is 0. The van der Waals surface area contributed by atoms with Crippen molar-refractivity contribution in [2.75, 3.05) is 13.2 Å². The van der Waals surface area contributed by atoms with E-state index < -0.39 is 44.4 Å². The highest BCUT2D eigenvalue weighted by molar-refractivity contribution is 7.93. The topological polar surface area (TPSA) is 101 Å². The van der Waals surface area contributed by atoms with E-state index in [2.05, 4.69) is 0 Å². The summed E-state index contributed by atoms with van der Waals surface area (Å²) in [5.74, 6) is -1.65. The normalized spacial score (nSPS) is 25.7. The van der Waals surface area contributed by atoms with Crippen LogP contribution in [0, 0.1) is 0 Å². The number of carboxylic acid groups (broad SMARTS) is 1. The maximum absolute atomic E-state index is 12.9. The largest absolute Gasteiger partial charge is 0.481 e. The molecule has 0 aromatic carbocycles. The van der Waals surface area contributed by atoms with Gasteiger partial charge in [0.15, 0.2) is 9.84 Å². The van der Waals surface area contributed by atoms with Crippen molar-refractivity contribution in [1.29, 1.82) is 0 Å². The molecule has 8 heteroatoms. The van der Waals surface area contributed by atoms with Crippen LogP contribution in [0.3, 0.4) is 0 Å². The summed E-state index contributed by atoms with van der Waals surface area (Å²) in [6, 6.07) is 0. The number of ether oxygens (including phenoxy) is 1. The molecule has 1 saturated heterocycles. The van der Waals surface area contributed by atoms with Crippen molar-refractivity contribution in [3.63, 3.8) is 0 Å². The lowest BCUT2D eigenvalue weighted by Gasteiger charge is -2.45. The lowest BCUT2D eigenvalue weighted by Crippen LogP contribution is -2.62. The molecule has 22 heavy (non-hydrogen) atoms. The van der Waals surface area contributed by atoms with Crippen LogP contribution in [0.4, 0.5) is 0 Å². The highest BCUT2D eigenvalue weighted by atomic mass is 32.2. The van der Waals surface area contributed by atoms with Crippen LogP contribution in [-0.4, -0.2) is 59.7 Å². The molecular weight excluding hydrogens is 310 g/mol. The van der Waals surface area contributed by atoms with Crippen molar-refractivity contribution in [2.24, 2.45) is 0 Å². The Morgan fingerprint density at radius 3 is 2.50 bits per heavy atom. The van der Waals surface area contributed by atoms with E-state index in [0.717, 1.165) is 12.8 Å². The van der Waals surface area contributed by atoms with Crippen LogP contribution in [0.25, 0.3) is 0 Å². The van der Waals surface area contributed by atoms with Gasteiger partial charge in [-0.05, 0) is 39.5 Å². The fourth-order valence-corrected chi connectivity index (χ4v) is 5.65. The highest BCUT2D eigenvalue weighted by Crippen LogP contribution is 2.43. The molecule has 2 rings (SSSR count). The summed E-state index contributed by atoms with van der Waals surface area (Å²) < 4.78 is 31.0. The molecule has 1 amide bonds. The molecule has 7 nitrogen and oxygen atoms in total. The second-order valence-electron chi connectivity index (χ2n) is 6.19. The van der Waals surface area contributed by atoms with E-state index in [0.29, 0.717) is 12.8 Å². The lowest BCUT2D eigenvalue weighted by atomic mass is 10.1. The van der Waals surface area contributed by atoms with Crippen molar-refractivity contribution in [3.05, 3.63) is 0 Å². The van der Waals surface area contributed by atoms with Crippen LogP contribution in [0.5, 0.6) is 0 Å². The van der Waals surface area contributed by atoms with E-state index >= 15 is 0 Å². The van der Waals surface area contributed by atoms with E-state index in [-0.39, 0.29) is 13.2 Å². The molecule has 0 radical (unpaired) electrons. The fraction of sp³-hybridized carbons (Fsp3) is 0.857. The summed E-state index contributed by atoms with van der Waals surface area (Å²) in [5, 5.41) is 8.29. The van der Waals surface area contributed by atoms with Gasteiger partial charge in [-0.2, -0.15) is 0 Å². The van der Waals surface area contributed by atoms with E-state index in [1.165, 1.54) is 4.90 Å².